The van der Waals surface area contributed by atoms with Crippen LogP contribution in [-0.4, -0.2) is 64.5 Å². The van der Waals surface area contributed by atoms with Crippen LogP contribution in [0.2, 0.25) is 0 Å². The summed E-state index contributed by atoms with van der Waals surface area (Å²) >= 11 is 0. The number of piperidine rings is 1. The Morgan fingerprint density at radius 1 is 0.971 bits per heavy atom. The Bertz CT molecular complexity index is 1260. The lowest BCUT2D eigenvalue weighted by Crippen LogP contribution is -2.47. The lowest BCUT2D eigenvalue weighted by atomic mass is 10.0. The van der Waals surface area contributed by atoms with E-state index in [0.29, 0.717) is 35.7 Å². The molecule has 3 aromatic rings. The third kappa shape index (κ3) is 5.08. The Kier molecular flexibility index (Phi) is 7.52. The van der Waals surface area contributed by atoms with Gasteiger partial charge in [-0.1, -0.05) is 12.1 Å². The van der Waals surface area contributed by atoms with Gasteiger partial charge in [0.15, 0.2) is 0 Å². The molecule has 1 aromatic heterocycles. The molecule has 35 heavy (non-hydrogen) atoms. The number of rotatable bonds is 10. The lowest BCUT2D eigenvalue weighted by molar-refractivity contribution is -0.151. The van der Waals surface area contributed by atoms with Gasteiger partial charge in [0, 0.05) is 19.5 Å². The second-order valence-electron chi connectivity index (χ2n) is 8.27. The number of hydrogen-bond donors (Lipinski definition) is 1. The van der Waals surface area contributed by atoms with Gasteiger partial charge in [-0.05, 0) is 36.2 Å². The number of aliphatic hydroxyl groups is 1. The number of ether oxygens (including phenoxy) is 3. The van der Waals surface area contributed by atoms with Gasteiger partial charge in [-0.2, -0.15) is 0 Å². The summed E-state index contributed by atoms with van der Waals surface area (Å²) in [6, 6.07) is 11.6. The first-order valence-electron chi connectivity index (χ1n) is 11.4. The molecule has 1 N–H and O–H groups in total. The zero-order valence-electron chi connectivity index (χ0n) is 19.8. The van der Waals surface area contributed by atoms with Crippen LogP contribution >= 0.6 is 0 Å². The number of amides is 2. The zero-order chi connectivity index (χ0) is 24.9. The van der Waals surface area contributed by atoms with Gasteiger partial charge >= 0.3 is 5.69 Å². The highest BCUT2D eigenvalue weighted by atomic mass is 16.5. The topological polar surface area (TPSA) is 112 Å². The fraction of sp³-hybridized carbons (Fsp3) is 0.400. The summed E-state index contributed by atoms with van der Waals surface area (Å²) in [5, 5.41) is 8.76. The number of aliphatic hydroxyl groups excluding tert-OH is 1. The summed E-state index contributed by atoms with van der Waals surface area (Å²) in [4.78, 5) is 40.4. The van der Waals surface area contributed by atoms with E-state index < -0.39 is 11.9 Å². The molecule has 1 fully saturated rings. The molecule has 4 rings (SSSR count). The van der Waals surface area contributed by atoms with Crippen molar-refractivity contribution >= 4 is 22.8 Å². The summed E-state index contributed by atoms with van der Waals surface area (Å²) in [7, 11) is 3.21. The van der Waals surface area contributed by atoms with E-state index in [-0.39, 0.29) is 44.2 Å². The van der Waals surface area contributed by atoms with Crippen molar-refractivity contribution in [1.82, 2.24) is 14.0 Å². The molecule has 2 amide bonds. The standard InChI is InChI=1S/C25H29N3O7/c1-26-22-15-19(35-14-13-34-12-11-29)7-8-20(22)28(25(26)32)21-9-10-23(30)27(24(21)31)16-17-3-5-18(33-2)6-4-17/h3-8,15,21,29H,9-14,16H2,1-2H3. The summed E-state index contributed by atoms with van der Waals surface area (Å²) in [5.74, 6) is 0.595. The number of imidazole rings is 1. The number of likely N-dealkylation sites (tertiary alicyclic amines) is 1. The predicted octanol–water partition coefficient (Wildman–Crippen LogP) is 1.63. The molecule has 0 bridgehead atoms. The third-order valence-corrected chi connectivity index (χ3v) is 6.09. The van der Waals surface area contributed by atoms with Crippen LogP contribution in [0.4, 0.5) is 0 Å². The lowest BCUT2D eigenvalue weighted by Gasteiger charge is -2.31. The molecule has 2 aromatic carbocycles. The van der Waals surface area contributed by atoms with Gasteiger partial charge in [0.1, 0.15) is 24.1 Å². The molecule has 1 saturated heterocycles. The quantitative estimate of drug-likeness (QED) is 0.345. The number of fused-ring (bicyclic) bond motifs is 1. The molecule has 1 unspecified atom stereocenters. The Balaban J connectivity index is 1.57. The van der Waals surface area contributed by atoms with Crippen molar-refractivity contribution in [2.24, 2.45) is 7.05 Å². The second kappa shape index (κ2) is 10.7. The number of carbonyl (C=O) groups is 2. The normalized spacial score (nSPS) is 16.2. The van der Waals surface area contributed by atoms with Gasteiger partial charge in [-0.25, -0.2) is 4.79 Å². The molecule has 0 radical (unpaired) electrons. The Hall–Kier alpha value is -3.63. The van der Waals surface area contributed by atoms with Crippen molar-refractivity contribution in [2.75, 3.05) is 33.5 Å². The monoisotopic (exact) mass is 483 g/mol. The van der Waals surface area contributed by atoms with E-state index in [9.17, 15) is 14.4 Å². The maximum atomic E-state index is 13.4. The number of hydrogen-bond acceptors (Lipinski definition) is 7. The van der Waals surface area contributed by atoms with Crippen LogP contribution in [0.25, 0.3) is 11.0 Å². The summed E-state index contributed by atoms with van der Waals surface area (Å²) < 4.78 is 19.0. The molecule has 10 heteroatoms. The number of nitrogens with zero attached hydrogens (tertiary/aromatic N) is 3. The molecule has 10 nitrogen and oxygen atoms in total. The molecule has 0 spiro atoms. The van der Waals surface area contributed by atoms with Crippen molar-refractivity contribution in [2.45, 2.75) is 25.4 Å². The van der Waals surface area contributed by atoms with Gasteiger partial charge in [0.05, 0.1) is 44.5 Å². The number of imide groups is 1. The van der Waals surface area contributed by atoms with Crippen LogP contribution in [-0.2, 0) is 27.9 Å². The molecule has 0 saturated carbocycles. The molecule has 0 aliphatic carbocycles. The third-order valence-electron chi connectivity index (χ3n) is 6.09. The summed E-state index contributed by atoms with van der Waals surface area (Å²) in [6.45, 7) is 0.947. The number of benzene rings is 2. The molecule has 1 aliphatic heterocycles. The highest BCUT2D eigenvalue weighted by Crippen LogP contribution is 2.29. The average molecular weight is 484 g/mol. The van der Waals surface area contributed by atoms with Gasteiger partial charge < -0.3 is 19.3 Å². The highest BCUT2D eigenvalue weighted by molar-refractivity contribution is 6.00. The van der Waals surface area contributed by atoms with E-state index in [4.69, 9.17) is 19.3 Å². The summed E-state index contributed by atoms with van der Waals surface area (Å²) in [5.41, 5.74) is 1.68. The molecule has 1 atom stereocenters. The van der Waals surface area contributed by atoms with Crippen LogP contribution in [0, 0.1) is 0 Å². The molecular formula is C25H29N3O7. The second-order valence-corrected chi connectivity index (χ2v) is 8.27. The first-order valence-corrected chi connectivity index (χ1v) is 11.4. The first kappa shape index (κ1) is 24.5. The minimum absolute atomic E-state index is 0.0510. The van der Waals surface area contributed by atoms with Gasteiger partial charge in [0.25, 0.3) is 5.91 Å². The van der Waals surface area contributed by atoms with Crippen molar-refractivity contribution in [3.63, 3.8) is 0 Å². The van der Waals surface area contributed by atoms with E-state index in [0.717, 1.165) is 5.56 Å². The fourth-order valence-corrected chi connectivity index (χ4v) is 4.26. The fourth-order valence-electron chi connectivity index (χ4n) is 4.26. The van der Waals surface area contributed by atoms with Crippen LogP contribution in [0.15, 0.2) is 47.3 Å². The van der Waals surface area contributed by atoms with E-state index in [1.807, 2.05) is 12.1 Å². The average Bonchev–Trinajstić information content (AvgIpc) is 3.11. The van der Waals surface area contributed by atoms with Crippen LogP contribution in [0.3, 0.4) is 0 Å². The zero-order valence-corrected chi connectivity index (χ0v) is 19.8. The Labute approximate surface area is 202 Å². The van der Waals surface area contributed by atoms with Crippen molar-refractivity contribution < 1.29 is 28.9 Å². The summed E-state index contributed by atoms with van der Waals surface area (Å²) in [6.07, 6.45) is 0.431. The van der Waals surface area contributed by atoms with Crippen molar-refractivity contribution in [1.29, 1.82) is 0 Å². The van der Waals surface area contributed by atoms with Gasteiger partial charge in [-0.15, -0.1) is 0 Å². The van der Waals surface area contributed by atoms with E-state index in [2.05, 4.69) is 0 Å². The maximum Gasteiger partial charge on any atom is 0.329 e. The molecular weight excluding hydrogens is 454 g/mol. The Morgan fingerprint density at radius 3 is 2.43 bits per heavy atom. The van der Waals surface area contributed by atoms with Crippen molar-refractivity contribution in [3.8, 4) is 11.5 Å². The van der Waals surface area contributed by atoms with Gasteiger partial charge in [-0.3, -0.25) is 23.6 Å². The van der Waals surface area contributed by atoms with Gasteiger partial charge in [0.2, 0.25) is 5.91 Å². The maximum absolute atomic E-state index is 13.4. The largest absolute Gasteiger partial charge is 0.497 e. The number of aryl methyl sites for hydroxylation is 1. The minimum Gasteiger partial charge on any atom is -0.497 e. The molecule has 2 heterocycles. The highest BCUT2D eigenvalue weighted by Gasteiger charge is 2.37. The first-order chi connectivity index (χ1) is 16.9. The number of methoxy groups -OCH3 is 1. The van der Waals surface area contributed by atoms with Crippen molar-refractivity contribution in [3.05, 3.63) is 58.5 Å². The number of aromatic nitrogens is 2. The smallest absolute Gasteiger partial charge is 0.329 e. The SMILES string of the molecule is COc1ccc(CN2C(=O)CCC(n3c(=O)n(C)c4cc(OCCOCCO)ccc43)C2=O)cc1. The van der Waals surface area contributed by atoms with E-state index in [1.54, 1.807) is 44.5 Å². The number of carbonyl (C=O) groups excluding carboxylic acids is 2. The Morgan fingerprint density at radius 2 is 1.71 bits per heavy atom. The van der Waals surface area contributed by atoms with E-state index >= 15 is 0 Å². The van der Waals surface area contributed by atoms with Crippen LogP contribution < -0.4 is 15.2 Å². The minimum atomic E-state index is -0.777. The molecule has 1 aliphatic rings. The van der Waals surface area contributed by atoms with Crippen LogP contribution in [0.1, 0.15) is 24.4 Å². The molecule has 186 valence electrons. The van der Waals surface area contributed by atoms with Crippen LogP contribution in [0.5, 0.6) is 11.5 Å². The van der Waals surface area contributed by atoms with E-state index in [1.165, 1.54) is 14.0 Å². The predicted molar refractivity (Wildman–Crippen MR) is 127 cm³/mol.